The van der Waals surface area contributed by atoms with Gasteiger partial charge in [-0.1, -0.05) is 19.4 Å². The normalized spacial score (nSPS) is 9.08. The number of nitrogens with zero attached hydrogens (tertiary/aromatic N) is 1. The minimum Gasteiger partial charge on any atom is -1.00 e. The predicted molar refractivity (Wildman–Crippen MR) is 46.2 cm³/mol. The predicted octanol–water partition coefficient (Wildman–Crippen LogP) is -0.832. The third-order valence-corrected chi connectivity index (χ3v) is 1.80. The van der Waals surface area contributed by atoms with Gasteiger partial charge in [-0.05, 0) is 6.42 Å². The Kier molecular flexibility index (Phi) is 6.78. The molecule has 68 valence electrons. The van der Waals surface area contributed by atoms with E-state index < -0.39 is 0 Å². The second-order valence-electron chi connectivity index (χ2n) is 2.82. The van der Waals surface area contributed by atoms with E-state index in [1.807, 2.05) is 0 Å². The topological polar surface area (TPSA) is 3.88 Å². The molecule has 0 aromatic carbocycles. The number of rotatable bonds is 4. The van der Waals surface area contributed by atoms with E-state index in [-0.39, 0.29) is 12.4 Å². The van der Waals surface area contributed by atoms with E-state index in [9.17, 15) is 0 Å². The molecule has 0 aliphatic heterocycles. The average Bonchev–Trinajstić information content (AvgIpc) is 2.07. The Morgan fingerprint density at radius 3 is 2.25 bits per heavy atom. The smallest absolute Gasteiger partial charge is 0.168 e. The first-order valence-electron chi connectivity index (χ1n) is 4.37. The highest BCUT2D eigenvalue weighted by atomic mass is 35.5. The van der Waals surface area contributed by atoms with Gasteiger partial charge in [0, 0.05) is 18.6 Å². The zero-order valence-electron chi connectivity index (χ0n) is 7.54. The largest absolute Gasteiger partial charge is 1.00 e. The van der Waals surface area contributed by atoms with Crippen molar-refractivity contribution in [3.05, 3.63) is 30.6 Å². The van der Waals surface area contributed by atoms with Gasteiger partial charge in [0.15, 0.2) is 12.4 Å². The maximum atomic E-state index is 2.23. The fourth-order valence-electron chi connectivity index (χ4n) is 1.13. The van der Waals surface area contributed by atoms with Gasteiger partial charge in [-0.15, -0.1) is 0 Å². The monoisotopic (exact) mass is 185 g/mol. The van der Waals surface area contributed by atoms with Gasteiger partial charge >= 0.3 is 0 Å². The standard InChI is InChI=1S/C10H16N.ClH/c1-2-3-5-8-11-9-6-4-7-10-11;/h4,6-7,9-10H,2-3,5,8H2,1H3;1H/q+1;/p-1. The van der Waals surface area contributed by atoms with Crippen LogP contribution in [0.4, 0.5) is 0 Å². The number of hydrogen-bond acceptors (Lipinski definition) is 0. The molecule has 0 saturated heterocycles. The van der Waals surface area contributed by atoms with Crippen molar-refractivity contribution in [1.82, 2.24) is 0 Å². The quantitative estimate of drug-likeness (QED) is 0.426. The van der Waals surface area contributed by atoms with Crippen molar-refractivity contribution in [2.45, 2.75) is 32.7 Å². The summed E-state index contributed by atoms with van der Waals surface area (Å²) in [5, 5.41) is 0. The fraction of sp³-hybridized carbons (Fsp3) is 0.500. The summed E-state index contributed by atoms with van der Waals surface area (Å²) in [6, 6.07) is 6.20. The van der Waals surface area contributed by atoms with E-state index in [0.717, 1.165) is 6.54 Å². The zero-order valence-corrected chi connectivity index (χ0v) is 8.30. The molecule has 0 spiro atoms. The molecule has 0 aliphatic carbocycles. The maximum Gasteiger partial charge on any atom is 0.168 e. The molecule has 0 bridgehead atoms. The minimum atomic E-state index is 0. The van der Waals surface area contributed by atoms with Gasteiger partial charge in [-0.25, -0.2) is 4.57 Å². The molecule has 12 heavy (non-hydrogen) atoms. The van der Waals surface area contributed by atoms with Crippen LogP contribution in [0.15, 0.2) is 30.6 Å². The summed E-state index contributed by atoms with van der Waals surface area (Å²) >= 11 is 0. The third kappa shape index (κ3) is 4.35. The van der Waals surface area contributed by atoms with Crippen LogP contribution in [0.5, 0.6) is 0 Å². The molecular formula is C10H16ClN. The second kappa shape index (κ2) is 7.11. The van der Waals surface area contributed by atoms with Crippen molar-refractivity contribution in [3.8, 4) is 0 Å². The third-order valence-electron chi connectivity index (χ3n) is 1.80. The van der Waals surface area contributed by atoms with Gasteiger partial charge in [0.25, 0.3) is 0 Å². The number of pyridine rings is 1. The van der Waals surface area contributed by atoms with Gasteiger partial charge in [0.1, 0.15) is 6.54 Å². The molecule has 0 atom stereocenters. The molecule has 1 nitrogen and oxygen atoms in total. The first-order chi connectivity index (χ1) is 5.43. The molecule has 0 unspecified atom stereocenters. The van der Waals surface area contributed by atoms with Crippen LogP contribution in [0.25, 0.3) is 0 Å². The van der Waals surface area contributed by atoms with Gasteiger partial charge in [-0.3, -0.25) is 0 Å². The lowest BCUT2D eigenvalue weighted by molar-refractivity contribution is -0.697. The molecular weight excluding hydrogens is 170 g/mol. The zero-order chi connectivity index (χ0) is 7.94. The molecule has 1 heterocycles. The second-order valence-corrected chi connectivity index (χ2v) is 2.82. The van der Waals surface area contributed by atoms with E-state index in [1.165, 1.54) is 19.3 Å². The molecule has 1 aromatic heterocycles. The summed E-state index contributed by atoms with van der Waals surface area (Å²) in [4.78, 5) is 0. The summed E-state index contributed by atoms with van der Waals surface area (Å²) in [7, 11) is 0. The van der Waals surface area contributed by atoms with Gasteiger partial charge < -0.3 is 12.4 Å². The first-order valence-corrected chi connectivity index (χ1v) is 4.37. The average molecular weight is 186 g/mol. The van der Waals surface area contributed by atoms with Crippen LogP contribution in [-0.2, 0) is 6.54 Å². The van der Waals surface area contributed by atoms with Crippen molar-refractivity contribution in [3.63, 3.8) is 0 Å². The summed E-state index contributed by atoms with van der Waals surface area (Å²) in [6.45, 7) is 3.39. The lowest BCUT2D eigenvalue weighted by atomic mass is 10.2. The molecule has 0 saturated carbocycles. The molecule has 0 amide bonds. The highest BCUT2D eigenvalue weighted by Crippen LogP contribution is 1.92. The summed E-state index contributed by atoms with van der Waals surface area (Å²) in [5.74, 6) is 0. The van der Waals surface area contributed by atoms with E-state index in [2.05, 4.69) is 42.1 Å². The number of halogens is 1. The van der Waals surface area contributed by atoms with Crippen molar-refractivity contribution in [1.29, 1.82) is 0 Å². The van der Waals surface area contributed by atoms with Gasteiger partial charge in [0.2, 0.25) is 0 Å². The van der Waals surface area contributed by atoms with Crippen molar-refractivity contribution in [2.24, 2.45) is 0 Å². The van der Waals surface area contributed by atoms with Gasteiger partial charge in [0.05, 0.1) is 0 Å². The van der Waals surface area contributed by atoms with Crippen molar-refractivity contribution in [2.75, 3.05) is 0 Å². The van der Waals surface area contributed by atoms with Crippen LogP contribution < -0.4 is 17.0 Å². The Hall–Kier alpha value is -0.560. The molecule has 1 rings (SSSR count). The van der Waals surface area contributed by atoms with E-state index in [0.29, 0.717) is 0 Å². The highest BCUT2D eigenvalue weighted by Gasteiger charge is 1.94. The Bertz CT molecular complexity index is 186. The molecule has 1 aromatic rings. The Morgan fingerprint density at radius 1 is 1.00 bits per heavy atom. The fourth-order valence-corrected chi connectivity index (χ4v) is 1.13. The van der Waals surface area contributed by atoms with Gasteiger partial charge in [-0.2, -0.15) is 0 Å². The Labute approximate surface area is 80.8 Å². The maximum absolute atomic E-state index is 2.23. The summed E-state index contributed by atoms with van der Waals surface area (Å²) in [6.07, 6.45) is 8.17. The first kappa shape index (κ1) is 11.4. The van der Waals surface area contributed by atoms with E-state index in [1.54, 1.807) is 0 Å². The van der Waals surface area contributed by atoms with E-state index >= 15 is 0 Å². The number of unbranched alkanes of at least 4 members (excludes halogenated alkanes) is 2. The van der Waals surface area contributed by atoms with Crippen LogP contribution in [-0.4, -0.2) is 0 Å². The Morgan fingerprint density at radius 2 is 1.67 bits per heavy atom. The molecule has 2 heteroatoms. The van der Waals surface area contributed by atoms with Crippen LogP contribution in [0, 0.1) is 0 Å². The molecule has 0 aliphatic rings. The van der Waals surface area contributed by atoms with Crippen molar-refractivity contribution >= 4 is 0 Å². The molecule has 0 N–H and O–H groups in total. The molecule has 0 radical (unpaired) electrons. The number of aryl methyl sites for hydroxylation is 1. The minimum absolute atomic E-state index is 0. The lowest BCUT2D eigenvalue weighted by Gasteiger charge is -1.93. The summed E-state index contributed by atoms with van der Waals surface area (Å²) in [5.41, 5.74) is 0. The number of aromatic nitrogens is 1. The van der Waals surface area contributed by atoms with Crippen molar-refractivity contribution < 1.29 is 17.0 Å². The van der Waals surface area contributed by atoms with E-state index in [4.69, 9.17) is 0 Å². The Balaban J connectivity index is 0.00000121. The van der Waals surface area contributed by atoms with Crippen LogP contribution in [0.3, 0.4) is 0 Å². The van der Waals surface area contributed by atoms with Crippen LogP contribution in [0.1, 0.15) is 26.2 Å². The number of hydrogen-bond donors (Lipinski definition) is 0. The molecule has 0 fully saturated rings. The SMILES string of the molecule is CCCCC[n+]1ccccc1.[Cl-]. The summed E-state index contributed by atoms with van der Waals surface area (Å²) < 4.78 is 2.23. The van der Waals surface area contributed by atoms with Crippen LogP contribution in [0.2, 0.25) is 0 Å². The lowest BCUT2D eigenvalue weighted by Crippen LogP contribution is -3.00. The van der Waals surface area contributed by atoms with Crippen LogP contribution >= 0.6 is 0 Å². The highest BCUT2D eigenvalue weighted by molar-refractivity contribution is 4.83.